The number of hydrogen-bond acceptors (Lipinski definition) is 4. The summed E-state index contributed by atoms with van der Waals surface area (Å²) in [5.41, 5.74) is 0. The number of halogens is 4. The van der Waals surface area contributed by atoms with Gasteiger partial charge in [0.15, 0.2) is 0 Å². The Balaban J connectivity index is 5.01. The normalized spacial score (nSPS) is 13.1. The minimum absolute atomic E-state index is 1.51. The van der Waals surface area contributed by atoms with E-state index in [1.54, 1.807) is 0 Å². The monoisotopic (exact) mass is 260 g/mol. The second-order valence-corrected chi connectivity index (χ2v) is 5.45. The Hall–Kier alpha value is 0.740. The maximum Gasteiger partial charge on any atom is 0.326 e. The number of carbonyl (C=O) groups is 1. The molecule has 11 heavy (non-hydrogen) atoms. The highest BCUT2D eigenvalue weighted by molar-refractivity contribution is 7.93. The van der Waals surface area contributed by atoms with Gasteiger partial charge in [-0.2, -0.15) is 12.2 Å². The highest BCUT2D eigenvalue weighted by Crippen LogP contribution is 2.32. The van der Waals surface area contributed by atoms with Gasteiger partial charge in [-0.15, -0.1) is 0 Å². The van der Waals surface area contributed by atoms with Crippen LogP contribution < -0.4 is 0 Å². The molecule has 0 aromatic heterocycles. The smallest absolute Gasteiger partial charge is 0.276 e. The van der Waals surface area contributed by atoms with E-state index in [9.17, 15) is 13.2 Å². The van der Waals surface area contributed by atoms with Crippen LogP contribution in [0.3, 0.4) is 0 Å². The molecule has 0 bridgehead atoms. The van der Waals surface area contributed by atoms with Crippen LogP contribution in [0.15, 0.2) is 0 Å². The van der Waals surface area contributed by atoms with E-state index >= 15 is 0 Å². The van der Waals surface area contributed by atoms with Gasteiger partial charge in [0.2, 0.25) is 0 Å². The van der Waals surface area contributed by atoms with Crippen LogP contribution in [0.5, 0.6) is 0 Å². The molecule has 0 aromatic carbocycles. The molecule has 0 aliphatic heterocycles. The SMILES string of the molecule is O=C(Cl)C(Cl)(Cl)S(=O)(=O)OCl. The zero-order chi connectivity index (χ0) is 9.28. The molecule has 0 rings (SSSR count). The third-order valence-corrected chi connectivity index (χ3v) is 4.17. The number of carbonyl (C=O) groups excluding carboxylic acids is 1. The van der Waals surface area contributed by atoms with Gasteiger partial charge in [-0.1, -0.05) is 23.2 Å². The molecule has 0 aromatic rings. The lowest BCUT2D eigenvalue weighted by atomic mass is 10.9. The van der Waals surface area contributed by atoms with E-state index in [-0.39, 0.29) is 0 Å². The summed E-state index contributed by atoms with van der Waals surface area (Å²) >= 11 is 19.1. The van der Waals surface area contributed by atoms with E-state index in [1.165, 1.54) is 0 Å². The molecule has 0 saturated carbocycles. The molecule has 9 heteroatoms. The zero-order valence-electron chi connectivity index (χ0n) is 4.55. The Labute approximate surface area is 82.6 Å². The average molecular weight is 262 g/mol. The number of alkyl halides is 2. The van der Waals surface area contributed by atoms with Crippen molar-refractivity contribution in [2.45, 2.75) is 3.67 Å². The summed E-state index contributed by atoms with van der Waals surface area (Å²) in [7, 11) is -4.58. The summed E-state index contributed by atoms with van der Waals surface area (Å²) in [6, 6.07) is 0. The number of rotatable bonds is 3. The summed E-state index contributed by atoms with van der Waals surface area (Å²) in [5.74, 6) is 0. The molecule has 0 heterocycles. The minimum Gasteiger partial charge on any atom is -0.276 e. The van der Waals surface area contributed by atoms with Crippen molar-refractivity contribution in [1.29, 1.82) is 0 Å². The molecule has 0 atom stereocenters. The van der Waals surface area contributed by atoms with Crippen molar-refractivity contribution in [3.8, 4) is 0 Å². The largest absolute Gasteiger partial charge is 0.326 e. The van der Waals surface area contributed by atoms with E-state index in [4.69, 9.17) is 34.8 Å². The van der Waals surface area contributed by atoms with Crippen LogP contribution in [-0.2, 0) is 18.6 Å². The van der Waals surface area contributed by atoms with Crippen molar-refractivity contribution >= 4 is 62.0 Å². The van der Waals surface area contributed by atoms with Crippen LogP contribution in [0.1, 0.15) is 0 Å². The van der Waals surface area contributed by atoms with Crippen LogP contribution in [0.4, 0.5) is 0 Å². The van der Waals surface area contributed by atoms with Crippen molar-refractivity contribution in [1.82, 2.24) is 0 Å². The summed E-state index contributed by atoms with van der Waals surface area (Å²) in [4.78, 5) is 10.3. The first-order valence-corrected chi connectivity index (χ1v) is 4.73. The van der Waals surface area contributed by atoms with Crippen LogP contribution >= 0.6 is 46.7 Å². The third-order valence-electron chi connectivity index (χ3n) is 0.626. The van der Waals surface area contributed by atoms with Crippen LogP contribution in [0, 0.1) is 0 Å². The van der Waals surface area contributed by atoms with Gasteiger partial charge in [0.1, 0.15) is 0 Å². The van der Waals surface area contributed by atoms with Gasteiger partial charge in [-0.3, -0.25) is 4.79 Å². The van der Waals surface area contributed by atoms with Gasteiger partial charge in [-0.25, -0.2) is 0 Å². The summed E-state index contributed by atoms with van der Waals surface area (Å²) < 4.78 is 21.6. The Morgan fingerprint density at radius 3 is 1.82 bits per heavy atom. The Morgan fingerprint density at radius 1 is 1.36 bits per heavy atom. The first-order valence-electron chi connectivity index (χ1n) is 1.88. The zero-order valence-corrected chi connectivity index (χ0v) is 8.39. The van der Waals surface area contributed by atoms with E-state index in [2.05, 4.69) is 15.6 Å². The molecule has 0 saturated heterocycles. The summed E-state index contributed by atoms with van der Waals surface area (Å²) in [6.07, 6.45) is 0. The molecule has 0 aliphatic carbocycles. The van der Waals surface area contributed by atoms with Crippen molar-refractivity contribution < 1.29 is 16.9 Å². The third kappa shape index (κ3) is 2.34. The topological polar surface area (TPSA) is 60.4 Å². The van der Waals surface area contributed by atoms with Gasteiger partial charge in [0.05, 0.1) is 11.9 Å². The molecule has 0 amide bonds. The molecule has 0 aliphatic rings. The predicted octanol–water partition coefficient (Wildman–Crippen LogP) is 1.38. The van der Waals surface area contributed by atoms with Crippen LogP contribution in [0.25, 0.3) is 0 Å². The molecule has 66 valence electrons. The average Bonchev–Trinajstić information content (AvgIpc) is 1.87. The van der Waals surface area contributed by atoms with Gasteiger partial charge >= 0.3 is 13.8 Å². The van der Waals surface area contributed by atoms with Gasteiger partial charge in [-0.05, 0) is 11.6 Å². The standard InChI is InChI=1S/C2Cl4O4S/c3-1(7)2(4,5)11(8,9)10-6. The van der Waals surface area contributed by atoms with E-state index < -0.39 is 19.0 Å². The minimum atomic E-state index is -4.58. The van der Waals surface area contributed by atoms with E-state index in [0.29, 0.717) is 0 Å². The molecule has 0 spiro atoms. The van der Waals surface area contributed by atoms with Gasteiger partial charge in [0.25, 0.3) is 5.24 Å². The molecule has 0 N–H and O–H groups in total. The molecular formula is C2Cl4O4S. The predicted molar refractivity (Wildman–Crippen MR) is 41.2 cm³/mol. The van der Waals surface area contributed by atoms with Gasteiger partial charge < -0.3 is 0 Å². The highest BCUT2D eigenvalue weighted by Gasteiger charge is 2.48. The van der Waals surface area contributed by atoms with Crippen molar-refractivity contribution in [3.63, 3.8) is 0 Å². The fourth-order valence-electron chi connectivity index (χ4n) is 0.138. The highest BCUT2D eigenvalue weighted by atomic mass is 35.5. The van der Waals surface area contributed by atoms with Crippen molar-refractivity contribution in [2.75, 3.05) is 0 Å². The van der Waals surface area contributed by atoms with Crippen molar-refractivity contribution in [3.05, 3.63) is 0 Å². The second-order valence-electron chi connectivity index (χ2n) is 1.31. The Morgan fingerprint density at radius 2 is 1.73 bits per heavy atom. The molecule has 0 radical (unpaired) electrons. The molecule has 0 unspecified atom stereocenters. The quantitative estimate of drug-likeness (QED) is 0.569. The maximum atomic E-state index is 10.5. The van der Waals surface area contributed by atoms with Crippen molar-refractivity contribution in [2.24, 2.45) is 0 Å². The van der Waals surface area contributed by atoms with Gasteiger partial charge in [0, 0.05) is 0 Å². The van der Waals surface area contributed by atoms with Crippen LogP contribution in [-0.4, -0.2) is 17.3 Å². The molecule has 4 nitrogen and oxygen atoms in total. The second kappa shape index (κ2) is 3.64. The van der Waals surface area contributed by atoms with E-state index in [1.807, 2.05) is 0 Å². The first-order chi connectivity index (χ1) is 4.75. The lowest BCUT2D eigenvalue weighted by Crippen LogP contribution is -2.32. The lowest BCUT2D eigenvalue weighted by molar-refractivity contribution is -0.110. The molecular weight excluding hydrogens is 262 g/mol. The molecule has 0 fully saturated rings. The fourth-order valence-corrected chi connectivity index (χ4v) is 1.36. The summed E-state index contributed by atoms with van der Waals surface area (Å²) in [6.45, 7) is 0. The number of hydrogen-bond donors (Lipinski definition) is 0. The van der Waals surface area contributed by atoms with Crippen LogP contribution in [0.2, 0.25) is 0 Å². The first kappa shape index (κ1) is 11.7. The fraction of sp³-hybridized carbons (Fsp3) is 0.500. The maximum absolute atomic E-state index is 10.5. The lowest BCUT2D eigenvalue weighted by Gasteiger charge is -2.10. The summed E-state index contributed by atoms with van der Waals surface area (Å²) in [5, 5.41) is -1.51. The Bertz CT molecular complexity index is 255. The van der Waals surface area contributed by atoms with E-state index in [0.717, 1.165) is 0 Å². The Kier molecular flexibility index (Phi) is 3.88.